The van der Waals surface area contributed by atoms with Crippen LogP contribution in [0, 0.1) is 17.8 Å². The fourth-order valence-electron chi connectivity index (χ4n) is 5.63. The minimum Gasteiger partial charge on any atom is -0.359 e. The summed E-state index contributed by atoms with van der Waals surface area (Å²) in [7, 11) is 1.66. The largest absolute Gasteiger partial charge is 0.416 e. The van der Waals surface area contributed by atoms with Crippen LogP contribution in [-0.4, -0.2) is 35.3 Å². The van der Waals surface area contributed by atoms with Crippen molar-refractivity contribution in [1.82, 2.24) is 20.5 Å². The van der Waals surface area contributed by atoms with Gasteiger partial charge < -0.3 is 10.6 Å². The predicted molar refractivity (Wildman–Crippen MR) is 134 cm³/mol. The number of benzene rings is 1. The van der Waals surface area contributed by atoms with E-state index in [9.17, 15) is 22.8 Å². The lowest BCUT2D eigenvalue weighted by Crippen LogP contribution is -2.35. The molecule has 2 N–H and O–H groups in total. The highest BCUT2D eigenvalue weighted by Crippen LogP contribution is 2.39. The summed E-state index contributed by atoms with van der Waals surface area (Å²) in [6, 6.07) is 7.20. The smallest absolute Gasteiger partial charge is 0.359 e. The summed E-state index contributed by atoms with van der Waals surface area (Å²) in [5, 5.41) is 5.75. The fourth-order valence-corrected chi connectivity index (χ4v) is 5.63. The van der Waals surface area contributed by atoms with Gasteiger partial charge in [0.25, 0.3) is 5.91 Å². The van der Waals surface area contributed by atoms with Crippen molar-refractivity contribution in [2.75, 3.05) is 13.6 Å². The van der Waals surface area contributed by atoms with Crippen LogP contribution in [0.4, 0.5) is 13.2 Å². The molecule has 2 aromatic rings. The van der Waals surface area contributed by atoms with Crippen LogP contribution in [0.2, 0.25) is 0 Å². The normalized spacial score (nSPS) is 22.1. The van der Waals surface area contributed by atoms with Crippen molar-refractivity contribution in [1.29, 1.82) is 0 Å². The van der Waals surface area contributed by atoms with Crippen molar-refractivity contribution < 1.29 is 22.8 Å². The number of nitrogens with one attached hydrogen (secondary N) is 2. The highest BCUT2D eigenvalue weighted by atomic mass is 19.4. The van der Waals surface area contributed by atoms with Crippen molar-refractivity contribution in [3.05, 3.63) is 64.5 Å². The lowest BCUT2D eigenvalue weighted by Gasteiger charge is -2.27. The first-order valence-electron chi connectivity index (χ1n) is 13.0. The van der Waals surface area contributed by atoms with Crippen molar-refractivity contribution in [3.63, 3.8) is 0 Å². The number of fused-ring (bicyclic) bond motifs is 1. The van der Waals surface area contributed by atoms with Crippen LogP contribution in [0.15, 0.2) is 36.5 Å². The molecule has 0 radical (unpaired) electrons. The quantitative estimate of drug-likeness (QED) is 0.537. The Hall–Kier alpha value is -2.94. The number of alkyl halides is 3. The molecule has 0 bridgehead atoms. The molecule has 200 valence electrons. The zero-order valence-corrected chi connectivity index (χ0v) is 21.6. The van der Waals surface area contributed by atoms with Crippen LogP contribution in [0.1, 0.15) is 78.3 Å². The molecule has 1 unspecified atom stereocenters. The number of pyridine rings is 1. The summed E-state index contributed by atoms with van der Waals surface area (Å²) in [6.45, 7) is 5.85. The third-order valence-corrected chi connectivity index (χ3v) is 7.62. The van der Waals surface area contributed by atoms with Gasteiger partial charge in [0.2, 0.25) is 5.91 Å². The minimum atomic E-state index is -4.35. The second kappa shape index (κ2) is 11.2. The van der Waals surface area contributed by atoms with E-state index in [0.29, 0.717) is 31.1 Å². The first-order chi connectivity index (χ1) is 17.6. The van der Waals surface area contributed by atoms with Gasteiger partial charge in [0.15, 0.2) is 0 Å². The molecule has 37 heavy (non-hydrogen) atoms. The third-order valence-electron chi connectivity index (χ3n) is 7.62. The number of nitrogens with zero attached hydrogens (tertiary/aromatic N) is 2. The van der Waals surface area contributed by atoms with E-state index in [1.165, 1.54) is 12.1 Å². The number of hydrogen-bond donors (Lipinski definition) is 2. The topological polar surface area (TPSA) is 74.3 Å². The van der Waals surface area contributed by atoms with Crippen LogP contribution >= 0.6 is 0 Å². The zero-order valence-electron chi connectivity index (χ0n) is 21.6. The van der Waals surface area contributed by atoms with E-state index in [2.05, 4.69) is 34.4 Å². The predicted octanol–water partition coefficient (Wildman–Crippen LogP) is 5.10. The van der Waals surface area contributed by atoms with Gasteiger partial charge in [-0.3, -0.25) is 19.5 Å². The Labute approximate surface area is 216 Å². The Morgan fingerprint density at radius 3 is 2.38 bits per heavy atom. The molecule has 1 aliphatic carbocycles. The van der Waals surface area contributed by atoms with E-state index in [4.69, 9.17) is 0 Å². The molecule has 1 fully saturated rings. The molecule has 9 heteroatoms. The summed E-state index contributed by atoms with van der Waals surface area (Å²) in [5.41, 5.74) is 2.56. The Balaban J connectivity index is 1.38. The lowest BCUT2D eigenvalue weighted by atomic mass is 9.81. The Bertz CT molecular complexity index is 1110. The SMILES string of the molecule is CNC(=O)C1CCC(CNC(=O)c2cnc3c(c2)CN(Cc2ccc(C(F)(F)F)cc2)C3C(C)C)CC1. The number of carbonyl (C=O) groups is 2. The summed E-state index contributed by atoms with van der Waals surface area (Å²) in [4.78, 5) is 31.6. The van der Waals surface area contributed by atoms with Gasteiger partial charge in [-0.1, -0.05) is 26.0 Å². The van der Waals surface area contributed by atoms with Crippen molar-refractivity contribution in [2.45, 2.75) is 64.8 Å². The maximum atomic E-state index is 12.9. The van der Waals surface area contributed by atoms with Crippen molar-refractivity contribution in [2.24, 2.45) is 17.8 Å². The molecule has 1 aliphatic heterocycles. The van der Waals surface area contributed by atoms with Gasteiger partial charge in [-0.25, -0.2) is 0 Å². The van der Waals surface area contributed by atoms with Gasteiger partial charge in [0, 0.05) is 38.8 Å². The molecule has 0 spiro atoms. The summed E-state index contributed by atoms with van der Waals surface area (Å²) < 4.78 is 38.8. The second-order valence-electron chi connectivity index (χ2n) is 10.6. The highest BCUT2D eigenvalue weighted by molar-refractivity contribution is 5.94. The van der Waals surface area contributed by atoms with E-state index in [0.717, 1.165) is 54.6 Å². The standard InChI is InChI=1S/C28H35F3N4O2/c1-17(2)25-24-22(16-35(25)15-19-6-10-23(11-7-19)28(29,30)31)12-21(14-33-24)27(37)34-13-18-4-8-20(9-5-18)26(36)32-3/h6-7,10-12,14,17-18,20,25H,4-5,8-9,13,15-16H2,1-3H3,(H,32,36)(H,34,37). The van der Waals surface area contributed by atoms with Gasteiger partial charge in [-0.2, -0.15) is 13.2 Å². The zero-order chi connectivity index (χ0) is 26.7. The second-order valence-corrected chi connectivity index (χ2v) is 10.6. The molecule has 1 aromatic heterocycles. The van der Waals surface area contributed by atoms with E-state index >= 15 is 0 Å². The average Bonchev–Trinajstić information content (AvgIpc) is 3.24. The maximum Gasteiger partial charge on any atom is 0.416 e. The van der Waals surface area contributed by atoms with Crippen molar-refractivity contribution >= 4 is 11.8 Å². The van der Waals surface area contributed by atoms with E-state index < -0.39 is 11.7 Å². The molecule has 1 atom stereocenters. The lowest BCUT2D eigenvalue weighted by molar-refractivity contribution is -0.137. The summed E-state index contributed by atoms with van der Waals surface area (Å²) >= 11 is 0. The fraction of sp³-hybridized carbons (Fsp3) is 0.536. The van der Waals surface area contributed by atoms with Gasteiger partial charge in [-0.05, 0) is 66.8 Å². The van der Waals surface area contributed by atoms with Crippen LogP contribution in [0.3, 0.4) is 0 Å². The molecular formula is C28H35F3N4O2. The Kier molecular flexibility index (Phi) is 8.21. The van der Waals surface area contributed by atoms with Gasteiger partial charge in [0.1, 0.15) is 0 Å². The van der Waals surface area contributed by atoms with E-state index in [-0.39, 0.29) is 29.7 Å². The van der Waals surface area contributed by atoms with Gasteiger partial charge in [-0.15, -0.1) is 0 Å². The Morgan fingerprint density at radius 1 is 1.11 bits per heavy atom. The van der Waals surface area contributed by atoms with Crippen LogP contribution in [0.25, 0.3) is 0 Å². The number of carbonyl (C=O) groups excluding carboxylic acids is 2. The first kappa shape index (κ1) is 27.1. The van der Waals surface area contributed by atoms with Gasteiger partial charge >= 0.3 is 6.18 Å². The summed E-state index contributed by atoms with van der Waals surface area (Å²) in [5.74, 6) is 0.603. The summed E-state index contributed by atoms with van der Waals surface area (Å²) in [6.07, 6.45) is 0.770. The molecule has 4 rings (SSSR count). The Morgan fingerprint density at radius 2 is 1.78 bits per heavy atom. The molecule has 1 aromatic carbocycles. The minimum absolute atomic E-state index is 0.0184. The maximum absolute atomic E-state index is 12.9. The third kappa shape index (κ3) is 6.32. The average molecular weight is 517 g/mol. The number of rotatable bonds is 7. The number of amides is 2. The first-order valence-corrected chi connectivity index (χ1v) is 13.0. The van der Waals surface area contributed by atoms with Crippen LogP contribution in [-0.2, 0) is 24.1 Å². The number of halogens is 3. The molecular weight excluding hydrogens is 481 g/mol. The molecule has 2 heterocycles. The molecule has 0 saturated heterocycles. The van der Waals surface area contributed by atoms with Crippen LogP contribution in [0.5, 0.6) is 0 Å². The molecule has 1 saturated carbocycles. The number of aromatic nitrogens is 1. The number of hydrogen-bond acceptors (Lipinski definition) is 4. The highest BCUT2D eigenvalue weighted by Gasteiger charge is 2.35. The van der Waals surface area contributed by atoms with Crippen LogP contribution < -0.4 is 10.6 Å². The monoisotopic (exact) mass is 516 g/mol. The van der Waals surface area contributed by atoms with E-state index in [1.54, 1.807) is 13.2 Å². The van der Waals surface area contributed by atoms with E-state index in [1.807, 2.05) is 6.07 Å². The van der Waals surface area contributed by atoms with Crippen molar-refractivity contribution in [3.8, 4) is 0 Å². The molecule has 2 amide bonds. The van der Waals surface area contributed by atoms with Gasteiger partial charge in [0.05, 0.1) is 22.9 Å². The molecule has 6 nitrogen and oxygen atoms in total. The molecule has 2 aliphatic rings.